The number of nitriles is 1. The van der Waals surface area contributed by atoms with E-state index in [1.165, 1.54) is 23.8 Å². The minimum absolute atomic E-state index is 0.338. The standard InChI is InChI=1S/C30H28N4O3S/c1-17-18(2)33-27(32-17)21-9-11-22(12-10-21)30(36)37-19(3)28(35)34-29-25(16-31)24-14-13-23(15-26(24)38-29)20-7-5-4-6-8-20/h4-12,19,23H,13-15H2,1-3H3,(H,32,33)(H,34,35). The number of amides is 1. The first-order chi connectivity index (χ1) is 18.3. The molecule has 2 unspecified atom stereocenters. The van der Waals surface area contributed by atoms with Gasteiger partial charge in [0.15, 0.2) is 6.10 Å². The highest BCUT2D eigenvalue weighted by atomic mass is 32.1. The number of rotatable bonds is 6. The number of aromatic nitrogens is 2. The van der Waals surface area contributed by atoms with Gasteiger partial charge in [-0.2, -0.15) is 5.26 Å². The summed E-state index contributed by atoms with van der Waals surface area (Å²) in [6, 6.07) is 19.5. The molecule has 38 heavy (non-hydrogen) atoms. The number of carbonyl (C=O) groups is 2. The van der Waals surface area contributed by atoms with Crippen molar-refractivity contribution < 1.29 is 14.3 Å². The fraction of sp³-hybridized carbons (Fsp3) is 0.267. The van der Waals surface area contributed by atoms with Gasteiger partial charge in [0.05, 0.1) is 16.8 Å². The molecule has 8 heteroatoms. The summed E-state index contributed by atoms with van der Waals surface area (Å²) in [5.74, 6) is 0.0631. The second-order valence-corrected chi connectivity index (χ2v) is 10.7. The third-order valence-electron chi connectivity index (χ3n) is 7.06. The Morgan fingerprint density at radius 3 is 2.55 bits per heavy atom. The zero-order valence-corrected chi connectivity index (χ0v) is 22.3. The summed E-state index contributed by atoms with van der Waals surface area (Å²) >= 11 is 1.44. The number of H-pyrrole nitrogens is 1. The SMILES string of the molecule is Cc1nc(-c2ccc(C(=O)OC(C)C(=O)Nc3sc4c(c3C#N)CCC(c3ccccc3)C4)cc2)[nH]c1C. The lowest BCUT2D eigenvalue weighted by Crippen LogP contribution is -2.30. The molecule has 1 aliphatic carbocycles. The van der Waals surface area contributed by atoms with Gasteiger partial charge in [0, 0.05) is 16.1 Å². The molecule has 0 aliphatic heterocycles. The highest BCUT2D eigenvalue weighted by molar-refractivity contribution is 7.16. The summed E-state index contributed by atoms with van der Waals surface area (Å²) < 4.78 is 5.44. The number of aryl methyl sites for hydroxylation is 2. The lowest BCUT2D eigenvalue weighted by Gasteiger charge is -2.22. The summed E-state index contributed by atoms with van der Waals surface area (Å²) in [6.07, 6.45) is 1.57. The van der Waals surface area contributed by atoms with Crippen LogP contribution in [0.1, 0.15) is 62.6 Å². The van der Waals surface area contributed by atoms with Crippen LogP contribution >= 0.6 is 11.3 Å². The molecule has 0 radical (unpaired) electrons. The molecule has 0 fully saturated rings. The molecule has 4 aromatic rings. The second-order valence-electron chi connectivity index (χ2n) is 9.58. The Morgan fingerprint density at radius 2 is 1.89 bits per heavy atom. The summed E-state index contributed by atoms with van der Waals surface area (Å²) in [4.78, 5) is 34.4. The summed E-state index contributed by atoms with van der Waals surface area (Å²) in [5, 5.41) is 13.2. The van der Waals surface area contributed by atoms with Crippen molar-refractivity contribution in [3.63, 3.8) is 0 Å². The highest BCUT2D eigenvalue weighted by Crippen LogP contribution is 2.42. The maximum atomic E-state index is 12.9. The lowest BCUT2D eigenvalue weighted by molar-refractivity contribution is -0.123. The molecular formula is C30H28N4O3S. The van der Waals surface area contributed by atoms with E-state index in [0.717, 1.165) is 52.5 Å². The third-order valence-corrected chi connectivity index (χ3v) is 8.23. The Labute approximate surface area is 225 Å². The van der Waals surface area contributed by atoms with Gasteiger partial charge in [-0.05, 0) is 69.2 Å². The number of carbonyl (C=O) groups excluding carboxylic acids is 2. The normalized spacial score (nSPS) is 15.3. The highest BCUT2D eigenvalue weighted by Gasteiger charge is 2.28. The monoisotopic (exact) mass is 524 g/mol. The van der Waals surface area contributed by atoms with E-state index in [1.807, 2.05) is 32.0 Å². The lowest BCUT2D eigenvalue weighted by atomic mass is 9.83. The van der Waals surface area contributed by atoms with Gasteiger partial charge in [0.1, 0.15) is 16.9 Å². The van der Waals surface area contributed by atoms with Crippen molar-refractivity contribution in [2.75, 3.05) is 5.32 Å². The van der Waals surface area contributed by atoms with E-state index in [2.05, 4.69) is 33.5 Å². The predicted octanol–water partition coefficient (Wildman–Crippen LogP) is 6.08. The average molecular weight is 525 g/mol. The molecule has 2 atom stereocenters. The van der Waals surface area contributed by atoms with Crippen molar-refractivity contribution in [3.8, 4) is 17.5 Å². The molecule has 0 spiro atoms. The van der Waals surface area contributed by atoms with E-state index in [-0.39, 0.29) is 0 Å². The van der Waals surface area contributed by atoms with Crippen LogP contribution in [0.25, 0.3) is 11.4 Å². The van der Waals surface area contributed by atoms with Crippen molar-refractivity contribution in [1.82, 2.24) is 9.97 Å². The molecule has 5 rings (SSSR count). The van der Waals surface area contributed by atoms with Gasteiger partial charge in [-0.3, -0.25) is 4.79 Å². The van der Waals surface area contributed by atoms with E-state index < -0.39 is 18.0 Å². The van der Waals surface area contributed by atoms with Crippen molar-refractivity contribution in [3.05, 3.63) is 93.1 Å². The van der Waals surface area contributed by atoms with Crippen LogP contribution in [0.5, 0.6) is 0 Å². The Hall–Kier alpha value is -4.22. The molecule has 2 N–H and O–H groups in total. The molecule has 2 aromatic heterocycles. The number of hydrogen-bond acceptors (Lipinski definition) is 6. The predicted molar refractivity (Wildman–Crippen MR) is 147 cm³/mol. The van der Waals surface area contributed by atoms with Crippen LogP contribution in [0.2, 0.25) is 0 Å². The summed E-state index contributed by atoms with van der Waals surface area (Å²) in [7, 11) is 0. The van der Waals surface area contributed by atoms with Crippen LogP contribution in [0, 0.1) is 25.2 Å². The summed E-state index contributed by atoms with van der Waals surface area (Å²) in [5.41, 5.74) is 5.93. The van der Waals surface area contributed by atoms with Crippen LogP contribution in [0.3, 0.4) is 0 Å². The first kappa shape index (κ1) is 25.4. The molecule has 7 nitrogen and oxygen atoms in total. The Bertz CT molecular complexity index is 1510. The molecule has 2 aromatic carbocycles. The Morgan fingerprint density at radius 1 is 1.16 bits per heavy atom. The van der Waals surface area contributed by atoms with Gasteiger partial charge in [-0.15, -0.1) is 11.3 Å². The number of fused-ring (bicyclic) bond motifs is 1. The Kier molecular flexibility index (Phi) is 7.12. The number of imidazole rings is 1. The van der Waals surface area contributed by atoms with Gasteiger partial charge in [0.25, 0.3) is 5.91 Å². The second kappa shape index (κ2) is 10.6. The maximum Gasteiger partial charge on any atom is 0.338 e. The van der Waals surface area contributed by atoms with E-state index in [1.54, 1.807) is 24.3 Å². The third kappa shape index (κ3) is 5.11. The van der Waals surface area contributed by atoms with Crippen LogP contribution in [-0.4, -0.2) is 27.9 Å². The zero-order chi connectivity index (χ0) is 26.8. The molecule has 0 saturated heterocycles. The van der Waals surface area contributed by atoms with E-state index >= 15 is 0 Å². The number of hydrogen-bond donors (Lipinski definition) is 2. The molecular weight excluding hydrogens is 496 g/mol. The number of esters is 1. The van der Waals surface area contributed by atoms with Crippen LogP contribution < -0.4 is 5.32 Å². The minimum Gasteiger partial charge on any atom is -0.449 e. The van der Waals surface area contributed by atoms with E-state index in [0.29, 0.717) is 22.0 Å². The minimum atomic E-state index is -1.03. The fourth-order valence-corrected chi connectivity index (χ4v) is 6.03. The van der Waals surface area contributed by atoms with Gasteiger partial charge in [-0.1, -0.05) is 42.5 Å². The largest absolute Gasteiger partial charge is 0.449 e. The number of benzene rings is 2. The van der Waals surface area contributed by atoms with Gasteiger partial charge >= 0.3 is 5.97 Å². The zero-order valence-electron chi connectivity index (χ0n) is 21.5. The molecule has 2 heterocycles. The number of anilines is 1. The molecule has 1 aliphatic rings. The van der Waals surface area contributed by atoms with Crippen molar-refractivity contribution in [1.29, 1.82) is 5.26 Å². The van der Waals surface area contributed by atoms with Gasteiger partial charge < -0.3 is 15.0 Å². The number of nitrogens with zero attached hydrogens (tertiary/aromatic N) is 2. The number of nitrogens with one attached hydrogen (secondary N) is 2. The average Bonchev–Trinajstić information content (AvgIpc) is 3.46. The Balaban J connectivity index is 1.24. The fourth-order valence-electron chi connectivity index (χ4n) is 4.75. The molecule has 0 saturated carbocycles. The smallest absolute Gasteiger partial charge is 0.338 e. The first-order valence-electron chi connectivity index (χ1n) is 12.6. The number of ether oxygens (including phenoxy) is 1. The van der Waals surface area contributed by atoms with Gasteiger partial charge in [-0.25, -0.2) is 9.78 Å². The quantitative estimate of drug-likeness (QED) is 0.297. The van der Waals surface area contributed by atoms with Crippen LogP contribution in [0.4, 0.5) is 5.00 Å². The van der Waals surface area contributed by atoms with Crippen LogP contribution in [-0.2, 0) is 22.4 Å². The maximum absolute atomic E-state index is 12.9. The summed E-state index contributed by atoms with van der Waals surface area (Å²) in [6.45, 7) is 5.41. The van der Waals surface area contributed by atoms with E-state index in [4.69, 9.17) is 4.74 Å². The first-order valence-corrected chi connectivity index (χ1v) is 13.4. The van der Waals surface area contributed by atoms with E-state index in [9.17, 15) is 14.9 Å². The van der Waals surface area contributed by atoms with Crippen molar-refractivity contribution >= 4 is 28.2 Å². The number of aromatic amines is 1. The molecule has 1 amide bonds. The van der Waals surface area contributed by atoms with Crippen molar-refractivity contribution in [2.45, 2.75) is 52.1 Å². The molecule has 0 bridgehead atoms. The number of thiophene rings is 1. The van der Waals surface area contributed by atoms with Gasteiger partial charge in [0.2, 0.25) is 0 Å². The van der Waals surface area contributed by atoms with Crippen LogP contribution in [0.15, 0.2) is 54.6 Å². The molecule has 192 valence electrons. The topological polar surface area (TPSA) is 108 Å². The van der Waals surface area contributed by atoms with Crippen molar-refractivity contribution in [2.24, 2.45) is 0 Å².